The number of hydrogen-bond acceptors (Lipinski definition) is 2. The third kappa shape index (κ3) is 3.16. The van der Waals surface area contributed by atoms with Crippen LogP contribution in [0.25, 0.3) is 10.9 Å². The summed E-state index contributed by atoms with van der Waals surface area (Å²) in [6.45, 7) is 6.97. The highest BCUT2D eigenvalue weighted by atomic mass is 16.1. The number of benzene rings is 1. The molecule has 0 bridgehead atoms. The molecule has 0 aliphatic rings. The zero-order valence-corrected chi connectivity index (χ0v) is 11.9. The van der Waals surface area contributed by atoms with Crippen LogP contribution >= 0.6 is 0 Å². The summed E-state index contributed by atoms with van der Waals surface area (Å²) in [6.07, 6.45) is 2.31. The number of H-pyrrole nitrogens is 1. The molecular formula is C16H22N2O. The van der Waals surface area contributed by atoms with E-state index in [1.165, 1.54) is 6.42 Å². The minimum atomic E-state index is 0.101. The molecule has 0 saturated heterocycles. The average Bonchev–Trinajstić information content (AvgIpc) is 2.72. The van der Waals surface area contributed by atoms with Crippen molar-refractivity contribution in [2.45, 2.75) is 33.6 Å². The molecule has 2 aromatic rings. The fraction of sp³-hybridized carbons (Fsp3) is 0.438. The van der Waals surface area contributed by atoms with Crippen molar-refractivity contribution in [3.05, 3.63) is 29.8 Å². The second kappa shape index (κ2) is 5.91. The maximum Gasteiger partial charge on any atom is 0.164 e. The molecule has 0 amide bonds. The Hall–Kier alpha value is -1.77. The van der Waals surface area contributed by atoms with E-state index in [-0.39, 0.29) is 5.78 Å². The number of para-hydroxylation sites is 1. The molecule has 0 radical (unpaired) electrons. The van der Waals surface area contributed by atoms with Gasteiger partial charge < -0.3 is 10.3 Å². The van der Waals surface area contributed by atoms with Gasteiger partial charge in [-0.25, -0.2) is 0 Å². The van der Waals surface area contributed by atoms with Crippen LogP contribution in [-0.2, 0) is 0 Å². The highest BCUT2D eigenvalue weighted by Crippen LogP contribution is 2.26. The van der Waals surface area contributed by atoms with Crippen LogP contribution in [0.3, 0.4) is 0 Å². The van der Waals surface area contributed by atoms with E-state index in [1.807, 2.05) is 24.3 Å². The minimum absolute atomic E-state index is 0.101. The number of rotatable bonds is 6. The average molecular weight is 258 g/mol. The summed E-state index contributed by atoms with van der Waals surface area (Å²) >= 11 is 0. The van der Waals surface area contributed by atoms with Gasteiger partial charge in [-0.15, -0.1) is 0 Å². The van der Waals surface area contributed by atoms with Gasteiger partial charge in [-0.3, -0.25) is 4.79 Å². The number of hydrogen-bond donors (Lipinski definition) is 2. The second-order valence-corrected chi connectivity index (χ2v) is 5.44. The summed E-state index contributed by atoms with van der Waals surface area (Å²) in [6, 6.07) is 7.93. The first-order valence-electron chi connectivity index (χ1n) is 6.95. The SMILES string of the molecule is CC(=O)c1c(NCCCC(C)C)[nH]c2ccccc12. The van der Waals surface area contributed by atoms with Gasteiger partial charge in [-0.05, 0) is 31.7 Å². The van der Waals surface area contributed by atoms with E-state index in [9.17, 15) is 4.79 Å². The first-order chi connectivity index (χ1) is 9.09. The third-order valence-electron chi connectivity index (χ3n) is 3.32. The molecule has 19 heavy (non-hydrogen) atoms. The van der Waals surface area contributed by atoms with Gasteiger partial charge in [-0.1, -0.05) is 32.0 Å². The highest BCUT2D eigenvalue weighted by Gasteiger charge is 2.14. The molecule has 1 heterocycles. The summed E-state index contributed by atoms with van der Waals surface area (Å²) < 4.78 is 0. The normalized spacial score (nSPS) is 11.2. The van der Waals surface area contributed by atoms with Crippen molar-refractivity contribution in [2.24, 2.45) is 5.92 Å². The van der Waals surface area contributed by atoms with Gasteiger partial charge in [0.1, 0.15) is 5.82 Å². The molecule has 3 heteroatoms. The van der Waals surface area contributed by atoms with Gasteiger partial charge in [0, 0.05) is 17.4 Å². The van der Waals surface area contributed by atoms with Crippen LogP contribution in [0.15, 0.2) is 24.3 Å². The van der Waals surface area contributed by atoms with Crippen molar-refractivity contribution in [2.75, 3.05) is 11.9 Å². The fourth-order valence-corrected chi connectivity index (χ4v) is 2.36. The van der Waals surface area contributed by atoms with Crippen LogP contribution < -0.4 is 5.32 Å². The van der Waals surface area contributed by atoms with Crippen molar-refractivity contribution in [1.29, 1.82) is 0 Å². The zero-order valence-electron chi connectivity index (χ0n) is 11.9. The molecule has 2 N–H and O–H groups in total. The number of nitrogens with one attached hydrogen (secondary N) is 2. The summed E-state index contributed by atoms with van der Waals surface area (Å²) in [5.74, 6) is 1.68. The summed E-state index contributed by atoms with van der Waals surface area (Å²) in [5.41, 5.74) is 1.79. The number of fused-ring (bicyclic) bond motifs is 1. The lowest BCUT2D eigenvalue weighted by atomic mass is 10.1. The molecule has 0 aliphatic carbocycles. The Morgan fingerprint density at radius 2 is 2.05 bits per heavy atom. The van der Waals surface area contributed by atoms with E-state index in [4.69, 9.17) is 0 Å². The molecule has 0 fully saturated rings. The molecule has 0 saturated carbocycles. The van der Waals surface area contributed by atoms with E-state index < -0.39 is 0 Å². The summed E-state index contributed by atoms with van der Waals surface area (Å²) in [5, 5.41) is 4.36. The monoisotopic (exact) mass is 258 g/mol. The van der Waals surface area contributed by atoms with Crippen molar-refractivity contribution >= 4 is 22.5 Å². The zero-order chi connectivity index (χ0) is 13.8. The van der Waals surface area contributed by atoms with Crippen molar-refractivity contribution in [3.8, 4) is 0 Å². The van der Waals surface area contributed by atoms with E-state index in [0.717, 1.165) is 41.2 Å². The second-order valence-electron chi connectivity index (χ2n) is 5.44. The maximum absolute atomic E-state index is 11.8. The number of Topliss-reactive ketones (excluding diaryl/α,β-unsaturated/α-hetero) is 1. The van der Waals surface area contributed by atoms with Gasteiger partial charge in [0.25, 0.3) is 0 Å². The van der Waals surface area contributed by atoms with Crippen molar-refractivity contribution < 1.29 is 4.79 Å². The van der Waals surface area contributed by atoms with Crippen LogP contribution in [0.4, 0.5) is 5.82 Å². The van der Waals surface area contributed by atoms with E-state index in [1.54, 1.807) is 6.92 Å². The Bertz CT molecular complexity index is 569. The Labute approximate surface area is 114 Å². The third-order valence-corrected chi connectivity index (χ3v) is 3.32. The lowest BCUT2D eigenvalue weighted by molar-refractivity contribution is 0.102. The number of carbonyl (C=O) groups excluding carboxylic acids is 1. The number of aromatic amines is 1. The topological polar surface area (TPSA) is 44.9 Å². The number of anilines is 1. The first-order valence-corrected chi connectivity index (χ1v) is 6.95. The highest BCUT2D eigenvalue weighted by molar-refractivity contribution is 6.11. The van der Waals surface area contributed by atoms with Crippen LogP contribution in [-0.4, -0.2) is 17.3 Å². The first kappa shape index (κ1) is 13.7. The summed E-state index contributed by atoms with van der Waals surface area (Å²) in [4.78, 5) is 15.1. The van der Waals surface area contributed by atoms with Gasteiger partial charge in [0.2, 0.25) is 0 Å². The van der Waals surface area contributed by atoms with Crippen molar-refractivity contribution in [3.63, 3.8) is 0 Å². The predicted molar refractivity (Wildman–Crippen MR) is 80.9 cm³/mol. The molecule has 3 nitrogen and oxygen atoms in total. The minimum Gasteiger partial charge on any atom is -0.371 e. The van der Waals surface area contributed by atoms with E-state index in [2.05, 4.69) is 24.1 Å². The van der Waals surface area contributed by atoms with Gasteiger partial charge in [-0.2, -0.15) is 0 Å². The van der Waals surface area contributed by atoms with Crippen LogP contribution in [0.1, 0.15) is 44.0 Å². The molecule has 2 rings (SSSR count). The lowest BCUT2D eigenvalue weighted by Gasteiger charge is -2.07. The van der Waals surface area contributed by atoms with Gasteiger partial charge >= 0.3 is 0 Å². The summed E-state index contributed by atoms with van der Waals surface area (Å²) in [7, 11) is 0. The standard InChI is InChI=1S/C16H22N2O/c1-11(2)7-6-10-17-16-15(12(3)19)13-8-4-5-9-14(13)18-16/h4-5,8-9,11,17-18H,6-7,10H2,1-3H3. The molecule has 102 valence electrons. The largest absolute Gasteiger partial charge is 0.371 e. The smallest absolute Gasteiger partial charge is 0.164 e. The molecule has 0 spiro atoms. The predicted octanol–water partition coefficient (Wildman–Crippen LogP) is 4.22. The molecule has 0 atom stereocenters. The van der Waals surface area contributed by atoms with Crippen LogP contribution in [0.5, 0.6) is 0 Å². The quantitative estimate of drug-likeness (QED) is 0.602. The van der Waals surface area contributed by atoms with Crippen LogP contribution in [0, 0.1) is 5.92 Å². The van der Waals surface area contributed by atoms with Gasteiger partial charge in [0.15, 0.2) is 5.78 Å². The lowest BCUT2D eigenvalue weighted by Crippen LogP contribution is -2.06. The Kier molecular flexibility index (Phi) is 4.25. The molecule has 1 aromatic carbocycles. The Morgan fingerprint density at radius 1 is 1.32 bits per heavy atom. The number of carbonyl (C=O) groups is 1. The van der Waals surface area contributed by atoms with Gasteiger partial charge in [0.05, 0.1) is 5.56 Å². The van der Waals surface area contributed by atoms with Crippen LogP contribution in [0.2, 0.25) is 0 Å². The fourth-order valence-electron chi connectivity index (χ4n) is 2.36. The Balaban J connectivity index is 2.17. The molecular weight excluding hydrogens is 236 g/mol. The number of ketones is 1. The molecule has 0 unspecified atom stereocenters. The molecule has 1 aromatic heterocycles. The number of aromatic nitrogens is 1. The van der Waals surface area contributed by atoms with Crippen molar-refractivity contribution in [1.82, 2.24) is 4.98 Å². The maximum atomic E-state index is 11.8. The van der Waals surface area contributed by atoms with E-state index >= 15 is 0 Å². The molecule has 0 aliphatic heterocycles. The Morgan fingerprint density at radius 3 is 2.74 bits per heavy atom. The van der Waals surface area contributed by atoms with E-state index in [0.29, 0.717) is 0 Å².